The van der Waals surface area contributed by atoms with Gasteiger partial charge in [-0.05, 0) is 51.0 Å². The first-order chi connectivity index (χ1) is 8.62. The fourth-order valence-corrected chi connectivity index (χ4v) is 4.80. The molecule has 0 spiro atoms. The lowest BCUT2D eigenvalue weighted by atomic mass is 10.1. The average Bonchev–Trinajstić information content (AvgIpc) is 3.09. The maximum Gasteiger partial charge on any atom is 0.154 e. The normalized spacial score (nSPS) is 30.7. The zero-order valence-corrected chi connectivity index (χ0v) is 12.0. The first-order valence-electron chi connectivity index (χ1n) is 7.05. The fraction of sp³-hybridized carbons (Fsp3) is 1.00. The lowest BCUT2D eigenvalue weighted by Crippen LogP contribution is -2.31. The van der Waals surface area contributed by atoms with Gasteiger partial charge >= 0.3 is 0 Å². The van der Waals surface area contributed by atoms with E-state index in [4.69, 9.17) is 4.74 Å². The number of methoxy groups -OCH3 is 1. The zero-order chi connectivity index (χ0) is 13.0. The molecular weight excluding hydrogens is 250 g/mol. The molecule has 0 aromatic heterocycles. The molecule has 106 valence electrons. The van der Waals surface area contributed by atoms with Crippen molar-refractivity contribution < 1.29 is 13.2 Å². The van der Waals surface area contributed by atoms with E-state index in [1.165, 1.54) is 12.8 Å². The summed E-state index contributed by atoms with van der Waals surface area (Å²) in [5, 5.41) is 3.31. The van der Waals surface area contributed by atoms with Gasteiger partial charge in [-0.15, -0.1) is 0 Å². The van der Waals surface area contributed by atoms with Crippen LogP contribution in [-0.4, -0.2) is 45.7 Å². The van der Waals surface area contributed by atoms with Crippen LogP contribution in [0.3, 0.4) is 0 Å². The topological polar surface area (TPSA) is 55.4 Å². The quantitative estimate of drug-likeness (QED) is 0.680. The van der Waals surface area contributed by atoms with Gasteiger partial charge in [0.2, 0.25) is 0 Å². The molecule has 1 saturated carbocycles. The molecule has 0 bridgehead atoms. The lowest BCUT2D eigenvalue weighted by Gasteiger charge is -2.11. The molecule has 0 radical (unpaired) electrons. The summed E-state index contributed by atoms with van der Waals surface area (Å²) in [5.41, 5.74) is 0. The summed E-state index contributed by atoms with van der Waals surface area (Å²) in [6.07, 6.45) is 6.14. The molecule has 1 heterocycles. The number of hydrogen-bond donors (Lipinski definition) is 1. The maximum atomic E-state index is 12.0. The van der Waals surface area contributed by atoms with E-state index in [9.17, 15) is 8.42 Å². The molecule has 0 amide bonds. The van der Waals surface area contributed by atoms with Crippen LogP contribution in [-0.2, 0) is 14.6 Å². The van der Waals surface area contributed by atoms with Crippen molar-refractivity contribution in [1.29, 1.82) is 0 Å². The van der Waals surface area contributed by atoms with Gasteiger partial charge in [0.25, 0.3) is 0 Å². The number of sulfone groups is 1. The highest BCUT2D eigenvalue weighted by atomic mass is 32.2. The smallest absolute Gasteiger partial charge is 0.154 e. The highest BCUT2D eigenvalue weighted by Crippen LogP contribution is 2.29. The summed E-state index contributed by atoms with van der Waals surface area (Å²) in [4.78, 5) is 0. The van der Waals surface area contributed by atoms with Gasteiger partial charge in [-0.3, -0.25) is 0 Å². The molecule has 5 heteroatoms. The van der Waals surface area contributed by atoms with E-state index < -0.39 is 9.84 Å². The van der Waals surface area contributed by atoms with Crippen LogP contribution >= 0.6 is 0 Å². The molecule has 0 aromatic carbocycles. The van der Waals surface area contributed by atoms with Crippen molar-refractivity contribution in [3.8, 4) is 0 Å². The number of unbranched alkanes of at least 4 members (excludes halogenated alkanes) is 1. The van der Waals surface area contributed by atoms with Gasteiger partial charge in [-0.2, -0.15) is 0 Å². The van der Waals surface area contributed by atoms with Crippen molar-refractivity contribution in [3.05, 3.63) is 0 Å². The Morgan fingerprint density at radius 1 is 1.28 bits per heavy atom. The predicted octanol–water partition coefficient (Wildman–Crippen LogP) is 1.36. The van der Waals surface area contributed by atoms with Gasteiger partial charge in [-0.1, -0.05) is 0 Å². The predicted molar refractivity (Wildman–Crippen MR) is 72.4 cm³/mol. The minimum Gasteiger partial charge on any atom is -0.385 e. The van der Waals surface area contributed by atoms with Crippen LogP contribution < -0.4 is 5.32 Å². The van der Waals surface area contributed by atoms with E-state index in [0.29, 0.717) is 5.75 Å². The Hall–Kier alpha value is -0.130. The van der Waals surface area contributed by atoms with Crippen LogP contribution in [0, 0.1) is 5.92 Å². The van der Waals surface area contributed by atoms with Gasteiger partial charge in [-0.25, -0.2) is 8.42 Å². The molecule has 2 aliphatic rings. The second-order valence-corrected chi connectivity index (χ2v) is 8.05. The third kappa shape index (κ3) is 4.21. The van der Waals surface area contributed by atoms with Crippen molar-refractivity contribution in [2.75, 3.05) is 26.0 Å². The highest BCUT2D eigenvalue weighted by molar-refractivity contribution is 7.92. The highest BCUT2D eigenvalue weighted by Gasteiger charge is 2.38. The summed E-state index contributed by atoms with van der Waals surface area (Å²) in [5.74, 6) is 1.16. The van der Waals surface area contributed by atoms with Crippen molar-refractivity contribution in [1.82, 2.24) is 5.32 Å². The van der Waals surface area contributed by atoms with Crippen LogP contribution in [0.15, 0.2) is 0 Å². The van der Waals surface area contributed by atoms with Crippen molar-refractivity contribution in [2.24, 2.45) is 5.92 Å². The molecule has 2 atom stereocenters. The third-order valence-electron chi connectivity index (χ3n) is 4.01. The monoisotopic (exact) mass is 275 g/mol. The van der Waals surface area contributed by atoms with Gasteiger partial charge in [0.15, 0.2) is 9.84 Å². The Kier molecular flexibility index (Phi) is 5.04. The minimum absolute atomic E-state index is 0.119. The molecule has 2 rings (SSSR count). The van der Waals surface area contributed by atoms with E-state index >= 15 is 0 Å². The summed E-state index contributed by atoms with van der Waals surface area (Å²) in [6, 6.07) is 0.197. The number of nitrogens with one attached hydrogen (secondary N) is 1. The van der Waals surface area contributed by atoms with Crippen molar-refractivity contribution >= 4 is 9.84 Å². The van der Waals surface area contributed by atoms with Gasteiger partial charge in [0.05, 0.1) is 11.0 Å². The second kappa shape index (κ2) is 6.35. The van der Waals surface area contributed by atoms with Crippen LogP contribution in [0.25, 0.3) is 0 Å². The number of hydrogen-bond acceptors (Lipinski definition) is 4. The molecular formula is C13H25NO3S. The molecule has 1 aliphatic carbocycles. The van der Waals surface area contributed by atoms with Gasteiger partial charge < -0.3 is 10.1 Å². The molecule has 1 unspecified atom stereocenters. The fourth-order valence-electron chi connectivity index (χ4n) is 2.66. The molecule has 2 fully saturated rings. The van der Waals surface area contributed by atoms with Crippen molar-refractivity contribution in [3.63, 3.8) is 0 Å². The largest absolute Gasteiger partial charge is 0.385 e. The van der Waals surface area contributed by atoms with Crippen LogP contribution in [0.2, 0.25) is 0 Å². The molecule has 1 aliphatic heterocycles. The standard InChI is InChI=1S/C13H25NO3S/c1-17-7-3-2-4-13-8-12(10-18(13,15)16)14-9-11-5-6-11/h11-14H,2-10H2,1H3/t12?,13-/m1/s1. The Bertz CT molecular complexity index is 351. The molecule has 4 nitrogen and oxygen atoms in total. The Morgan fingerprint density at radius 3 is 2.72 bits per heavy atom. The summed E-state index contributed by atoms with van der Waals surface area (Å²) in [7, 11) is -1.17. The summed E-state index contributed by atoms with van der Waals surface area (Å²) >= 11 is 0. The van der Waals surface area contributed by atoms with E-state index in [-0.39, 0.29) is 11.3 Å². The van der Waals surface area contributed by atoms with Gasteiger partial charge in [0, 0.05) is 19.8 Å². The van der Waals surface area contributed by atoms with Crippen LogP contribution in [0.4, 0.5) is 0 Å². The Balaban J connectivity index is 1.71. The first kappa shape index (κ1) is 14.3. The van der Waals surface area contributed by atoms with E-state index in [0.717, 1.165) is 44.8 Å². The molecule has 1 N–H and O–H groups in total. The summed E-state index contributed by atoms with van der Waals surface area (Å²) in [6.45, 7) is 1.74. The maximum absolute atomic E-state index is 12.0. The molecule has 1 saturated heterocycles. The molecule has 18 heavy (non-hydrogen) atoms. The number of ether oxygens (including phenoxy) is 1. The van der Waals surface area contributed by atoms with Crippen LogP contribution in [0.5, 0.6) is 0 Å². The number of rotatable bonds is 8. The first-order valence-corrected chi connectivity index (χ1v) is 8.77. The van der Waals surface area contributed by atoms with Crippen LogP contribution in [0.1, 0.15) is 38.5 Å². The van der Waals surface area contributed by atoms with Crippen molar-refractivity contribution in [2.45, 2.75) is 49.8 Å². The Morgan fingerprint density at radius 2 is 2.06 bits per heavy atom. The van der Waals surface area contributed by atoms with E-state index in [1.54, 1.807) is 7.11 Å². The molecule has 0 aromatic rings. The SMILES string of the molecule is COCCCC[C@@H]1CC(NCC2CC2)CS1(=O)=O. The van der Waals surface area contributed by atoms with E-state index in [2.05, 4.69) is 5.32 Å². The minimum atomic E-state index is -2.85. The van der Waals surface area contributed by atoms with E-state index in [1.807, 2.05) is 0 Å². The second-order valence-electron chi connectivity index (χ2n) is 5.72. The zero-order valence-electron chi connectivity index (χ0n) is 11.2. The summed E-state index contributed by atoms with van der Waals surface area (Å²) < 4.78 is 29.0. The Labute approximate surface area is 110 Å². The average molecular weight is 275 g/mol. The van der Waals surface area contributed by atoms with Gasteiger partial charge in [0.1, 0.15) is 0 Å². The third-order valence-corrected chi connectivity index (χ3v) is 6.32. The lowest BCUT2D eigenvalue weighted by molar-refractivity contribution is 0.192.